The van der Waals surface area contributed by atoms with Crippen LogP contribution in [0.4, 0.5) is 14.5 Å². The van der Waals surface area contributed by atoms with E-state index in [0.29, 0.717) is 23.4 Å². The summed E-state index contributed by atoms with van der Waals surface area (Å²) >= 11 is 0. The third kappa shape index (κ3) is 9.37. The molecular weight excluding hydrogens is 490 g/mol. The van der Waals surface area contributed by atoms with Gasteiger partial charge in [-0.3, -0.25) is 0 Å². The van der Waals surface area contributed by atoms with E-state index in [1.165, 1.54) is 23.8 Å². The highest BCUT2D eigenvalue weighted by Crippen LogP contribution is 2.36. The van der Waals surface area contributed by atoms with Crippen LogP contribution in [0.3, 0.4) is 0 Å². The molecule has 1 aliphatic carbocycles. The largest absolute Gasteiger partial charge is 0.355 e. The summed E-state index contributed by atoms with van der Waals surface area (Å²) in [5, 5.41) is 11.5. The lowest BCUT2D eigenvalue weighted by atomic mass is 9.88. The van der Waals surface area contributed by atoms with E-state index in [9.17, 15) is 17.2 Å². The molecule has 1 aromatic rings. The lowest BCUT2D eigenvalue weighted by molar-refractivity contribution is 0.535. The zero-order chi connectivity index (χ0) is 28.0. The summed E-state index contributed by atoms with van der Waals surface area (Å²) in [6, 6.07) is 4.64. The molecule has 2 rings (SSSR count). The van der Waals surface area contributed by atoms with Crippen LogP contribution in [0.1, 0.15) is 85.6 Å². The minimum atomic E-state index is -3.53. The number of hydrogen-bond donors (Lipinski definition) is 2. The number of hydrogen-bond acceptors (Lipinski definition) is 4. The Labute approximate surface area is 222 Å². The van der Waals surface area contributed by atoms with Crippen LogP contribution < -0.4 is 5.32 Å². The molecule has 4 nitrogen and oxygen atoms in total. The summed E-state index contributed by atoms with van der Waals surface area (Å²) in [6.07, 6.45) is 7.87. The van der Waals surface area contributed by atoms with Crippen LogP contribution in [-0.2, 0) is 9.84 Å². The fraction of sp³-hybridized carbons (Fsp3) is 0.500. The van der Waals surface area contributed by atoms with Gasteiger partial charge in [0.05, 0.1) is 11.5 Å². The van der Waals surface area contributed by atoms with Gasteiger partial charge in [0.2, 0.25) is 0 Å². The molecule has 0 spiro atoms. The van der Waals surface area contributed by atoms with Crippen LogP contribution in [0, 0.1) is 16.6 Å². The molecule has 1 saturated carbocycles. The van der Waals surface area contributed by atoms with E-state index in [-0.39, 0.29) is 17.3 Å². The minimum absolute atomic E-state index is 0.145. The van der Waals surface area contributed by atoms with Crippen molar-refractivity contribution >= 4 is 21.2 Å². The van der Waals surface area contributed by atoms with E-state index in [1.807, 2.05) is 27.7 Å². The number of allylic oxidation sites excluding steroid dienone is 7. The van der Waals surface area contributed by atoms with E-state index in [2.05, 4.69) is 5.32 Å². The molecule has 0 aromatic heterocycles. The second-order valence-electron chi connectivity index (χ2n) is 10.8. The van der Waals surface area contributed by atoms with Crippen molar-refractivity contribution in [3.05, 3.63) is 76.1 Å². The molecule has 7 heteroatoms. The van der Waals surface area contributed by atoms with Gasteiger partial charge in [-0.05, 0) is 92.5 Å². The van der Waals surface area contributed by atoms with E-state index in [1.54, 1.807) is 39.0 Å². The molecule has 2 N–H and O–H groups in total. The van der Waals surface area contributed by atoms with Gasteiger partial charge in [-0.25, -0.2) is 17.2 Å². The average Bonchev–Trinajstić information content (AvgIpc) is 3.65. The van der Waals surface area contributed by atoms with Gasteiger partial charge in [0, 0.05) is 22.5 Å². The Morgan fingerprint density at radius 3 is 2.38 bits per heavy atom. The normalized spacial score (nSPS) is 16.0. The van der Waals surface area contributed by atoms with Crippen LogP contribution in [0.15, 0.2) is 64.7 Å². The Kier molecular flexibility index (Phi) is 10.6. The second-order valence-corrected chi connectivity index (χ2v) is 12.9. The molecule has 1 aliphatic rings. The van der Waals surface area contributed by atoms with Crippen LogP contribution in [0.25, 0.3) is 0 Å². The Hall–Kier alpha value is -2.54. The molecule has 0 bridgehead atoms. The first-order valence-corrected chi connectivity index (χ1v) is 14.8. The lowest BCUT2D eigenvalue weighted by Crippen LogP contribution is -2.33. The molecule has 0 unspecified atom stereocenters. The number of halogens is 2. The van der Waals surface area contributed by atoms with Gasteiger partial charge in [0.15, 0.2) is 9.84 Å². The van der Waals surface area contributed by atoms with E-state index in [4.69, 9.17) is 5.41 Å². The first-order chi connectivity index (χ1) is 17.2. The van der Waals surface area contributed by atoms with Gasteiger partial charge in [0.1, 0.15) is 11.6 Å². The molecule has 204 valence electrons. The van der Waals surface area contributed by atoms with Crippen molar-refractivity contribution in [2.75, 3.05) is 16.8 Å². The minimum Gasteiger partial charge on any atom is -0.355 e. The molecular formula is C30H42F2N2O2S. The Morgan fingerprint density at radius 2 is 1.81 bits per heavy atom. The summed E-state index contributed by atoms with van der Waals surface area (Å²) in [5.41, 5.74) is 4.53. The first kappa shape index (κ1) is 30.7. The van der Waals surface area contributed by atoms with E-state index in [0.717, 1.165) is 36.1 Å². The van der Waals surface area contributed by atoms with E-state index >= 15 is 0 Å². The van der Waals surface area contributed by atoms with Gasteiger partial charge in [-0.15, -0.1) is 0 Å². The fourth-order valence-electron chi connectivity index (χ4n) is 4.24. The Bertz CT molecular complexity index is 1230. The van der Waals surface area contributed by atoms with E-state index < -0.39 is 27.0 Å². The summed E-state index contributed by atoms with van der Waals surface area (Å²) in [7, 11) is -3.53. The number of sulfone groups is 1. The van der Waals surface area contributed by atoms with Crippen molar-refractivity contribution in [1.82, 2.24) is 0 Å². The lowest BCUT2D eigenvalue weighted by Gasteiger charge is -2.26. The van der Waals surface area contributed by atoms with Gasteiger partial charge in [0.25, 0.3) is 0 Å². The molecule has 0 amide bonds. The fourth-order valence-corrected chi connectivity index (χ4v) is 6.57. The predicted molar refractivity (Wildman–Crippen MR) is 152 cm³/mol. The maximum Gasteiger partial charge on any atom is 0.151 e. The highest BCUT2D eigenvalue weighted by atomic mass is 32.2. The standard InChI is InChI=1S/C30H42F2N2O2S/c1-8-20(3)16-24(31)13-10-21(4)29(23-11-12-23)34-25-14-15-27(32)26(17-25)22(5)18-37(35,36)19-30(6,7)28(33)9-2/h10,13-17,22,33-34H,8-9,11-12,18-19H2,1-7H3/b20-16?,21-10+,24-13+,33-28?/t22-/m0/s1. The van der Waals surface area contributed by atoms with Gasteiger partial charge in [-0.2, -0.15) is 0 Å². The quantitative estimate of drug-likeness (QED) is 0.198. The van der Waals surface area contributed by atoms with Crippen LogP contribution >= 0.6 is 0 Å². The average molecular weight is 533 g/mol. The highest BCUT2D eigenvalue weighted by molar-refractivity contribution is 7.91. The third-order valence-electron chi connectivity index (χ3n) is 6.73. The maximum atomic E-state index is 14.8. The monoisotopic (exact) mass is 532 g/mol. The summed E-state index contributed by atoms with van der Waals surface area (Å²) in [6.45, 7) is 12.8. The zero-order valence-corrected chi connectivity index (χ0v) is 24.1. The number of anilines is 1. The van der Waals surface area contributed by atoms with Crippen molar-refractivity contribution in [3.8, 4) is 0 Å². The second kappa shape index (κ2) is 12.8. The zero-order valence-electron chi connectivity index (χ0n) is 23.3. The number of benzene rings is 1. The summed E-state index contributed by atoms with van der Waals surface area (Å²) < 4.78 is 54.9. The first-order valence-electron chi connectivity index (χ1n) is 13.0. The molecule has 0 saturated heterocycles. The van der Waals surface area contributed by atoms with Gasteiger partial charge >= 0.3 is 0 Å². The smallest absolute Gasteiger partial charge is 0.151 e. The molecule has 0 radical (unpaired) electrons. The van der Waals surface area contributed by atoms with Crippen LogP contribution in [-0.4, -0.2) is 25.6 Å². The van der Waals surface area contributed by atoms with Gasteiger partial charge < -0.3 is 10.7 Å². The van der Waals surface area contributed by atoms with Crippen molar-refractivity contribution in [1.29, 1.82) is 5.41 Å². The Morgan fingerprint density at radius 1 is 1.16 bits per heavy atom. The topological polar surface area (TPSA) is 70.0 Å². The molecule has 1 aromatic carbocycles. The number of rotatable bonds is 13. The number of nitrogens with one attached hydrogen (secondary N) is 2. The molecule has 0 aliphatic heterocycles. The molecule has 1 atom stereocenters. The summed E-state index contributed by atoms with van der Waals surface area (Å²) in [4.78, 5) is 0. The van der Waals surface area contributed by atoms with Crippen LogP contribution in [0.2, 0.25) is 0 Å². The van der Waals surface area contributed by atoms with Crippen molar-refractivity contribution in [3.63, 3.8) is 0 Å². The SMILES string of the molecule is CCC(=N)C(C)(C)CS(=O)(=O)C[C@H](C)c1cc(NC(=C2CC2)/C(C)=C/C=C(/F)C=C(C)CC)ccc1F. The summed E-state index contributed by atoms with van der Waals surface area (Å²) in [5.74, 6) is -1.67. The Balaban J connectivity index is 2.25. The maximum absolute atomic E-state index is 14.8. The third-order valence-corrected chi connectivity index (χ3v) is 8.90. The van der Waals surface area contributed by atoms with Gasteiger partial charge in [-0.1, -0.05) is 46.3 Å². The van der Waals surface area contributed by atoms with Crippen molar-refractivity contribution in [2.24, 2.45) is 5.41 Å². The highest BCUT2D eigenvalue weighted by Gasteiger charge is 2.31. The molecule has 1 fully saturated rings. The molecule has 37 heavy (non-hydrogen) atoms. The predicted octanol–water partition coefficient (Wildman–Crippen LogP) is 8.42. The van der Waals surface area contributed by atoms with Crippen molar-refractivity contribution in [2.45, 2.75) is 80.1 Å². The van der Waals surface area contributed by atoms with Crippen LogP contribution in [0.5, 0.6) is 0 Å². The molecule has 0 heterocycles. The van der Waals surface area contributed by atoms with Crippen molar-refractivity contribution < 1.29 is 17.2 Å².